The predicted octanol–water partition coefficient (Wildman–Crippen LogP) is 2.01. The number of hydrogen-bond acceptors (Lipinski definition) is 5. The molecule has 0 saturated heterocycles. The molecule has 0 N–H and O–H groups in total. The molecule has 1 heterocycles. The molecule has 18 heavy (non-hydrogen) atoms. The first-order valence-corrected chi connectivity index (χ1v) is 5.89. The monoisotopic (exact) mass is 251 g/mol. The lowest BCUT2D eigenvalue weighted by molar-refractivity contribution is -0.143. The van der Waals surface area contributed by atoms with Gasteiger partial charge in [-0.15, -0.1) is 0 Å². The number of carbonyl (C=O) groups excluding carboxylic acids is 2. The molecule has 1 aromatic heterocycles. The van der Waals surface area contributed by atoms with Gasteiger partial charge in [-0.3, -0.25) is 9.59 Å². The molecule has 0 aliphatic heterocycles. The Morgan fingerprint density at radius 2 is 2.11 bits per heavy atom. The van der Waals surface area contributed by atoms with Crippen LogP contribution in [0.4, 0.5) is 0 Å². The van der Waals surface area contributed by atoms with Crippen LogP contribution in [0, 0.1) is 0 Å². The van der Waals surface area contributed by atoms with Gasteiger partial charge in [-0.1, -0.05) is 0 Å². The molecular formula is C13H17NO4. The van der Waals surface area contributed by atoms with Crippen molar-refractivity contribution in [1.29, 1.82) is 0 Å². The minimum Gasteiger partial charge on any atom is -0.478 e. The fourth-order valence-corrected chi connectivity index (χ4v) is 1.30. The highest BCUT2D eigenvalue weighted by atomic mass is 16.5. The molecule has 0 fully saturated rings. The van der Waals surface area contributed by atoms with E-state index in [1.54, 1.807) is 19.1 Å². The minimum absolute atomic E-state index is 0.0311. The summed E-state index contributed by atoms with van der Waals surface area (Å²) >= 11 is 0. The second kappa shape index (κ2) is 7.42. The number of nitrogens with zero attached hydrogens (tertiary/aromatic N) is 1. The number of Topliss-reactive ketones (excluding diaryl/α,β-unsaturated/α-hetero) is 1. The zero-order valence-corrected chi connectivity index (χ0v) is 10.6. The number of rotatable bonds is 7. The molecule has 1 aromatic rings. The second-order valence-corrected chi connectivity index (χ2v) is 3.70. The number of carbonyl (C=O) groups is 2. The molecule has 0 bridgehead atoms. The summed E-state index contributed by atoms with van der Waals surface area (Å²) in [4.78, 5) is 26.1. The van der Waals surface area contributed by atoms with E-state index in [1.165, 1.54) is 13.1 Å². The van der Waals surface area contributed by atoms with E-state index >= 15 is 0 Å². The lowest BCUT2D eigenvalue weighted by Gasteiger charge is -2.05. The maximum Gasteiger partial charge on any atom is 0.305 e. The summed E-state index contributed by atoms with van der Waals surface area (Å²) in [6.07, 6.45) is 2.39. The van der Waals surface area contributed by atoms with Crippen molar-refractivity contribution in [3.63, 3.8) is 0 Å². The second-order valence-electron chi connectivity index (χ2n) is 3.70. The van der Waals surface area contributed by atoms with Gasteiger partial charge in [0.1, 0.15) is 0 Å². The van der Waals surface area contributed by atoms with Crippen molar-refractivity contribution in [3.05, 3.63) is 23.9 Å². The van der Waals surface area contributed by atoms with E-state index in [-0.39, 0.29) is 11.8 Å². The van der Waals surface area contributed by atoms with Gasteiger partial charge in [0, 0.05) is 24.2 Å². The van der Waals surface area contributed by atoms with Crippen molar-refractivity contribution in [2.24, 2.45) is 0 Å². The number of hydrogen-bond donors (Lipinski definition) is 0. The molecule has 0 aromatic carbocycles. The quantitative estimate of drug-likeness (QED) is 0.421. The Morgan fingerprint density at radius 1 is 1.33 bits per heavy atom. The first-order chi connectivity index (χ1) is 8.63. The van der Waals surface area contributed by atoms with E-state index in [0.29, 0.717) is 37.5 Å². The van der Waals surface area contributed by atoms with E-state index in [0.717, 1.165) is 0 Å². The van der Waals surface area contributed by atoms with E-state index in [4.69, 9.17) is 9.47 Å². The highest BCUT2D eigenvalue weighted by Gasteiger charge is 2.03. The number of aromatic nitrogens is 1. The van der Waals surface area contributed by atoms with Gasteiger partial charge in [0.05, 0.1) is 13.2 Å². The van der Waals surface area contributed by atoms with Crippen LogP contribution in [0.3, 0.4) is 0 Å². The minimum atomic E-state index is -0.221. The Kier molecular flexibility index (Phi) is 5.84. The summed E-state index contributed by atoms with van der Waals surface area (Å²) in [7, 11) is 0. The summed E-state index contributed by atoms with van der Waals surface area (Å²) in [6, 6.07) is 3.30. The van der Waals surface area contributed by atoms with Gasteiger partial charge in [0.2, 0.25) is 5.88 Å². The van der Waals surface area contributed by atoms with Crippen LogP contribution in [-0.2, 0) is 9.53 Å². The summed E-state index contributed by atoms with van der Waals surface area (Å²) in [5.74, 6) is 0.196. The number of pyridine rings is 1. The van der Waals surface area contributed by atoms with Crippen LogP contribution in [0.2, 0.25) is 0 Å². The maximum absolute atomic E-state index is 11.0. The zero-order chi connectivity index (χ0) is 13.4. The number of ether oxygens (including phenoxy) is 2. The molecule has 0 spiro atoms. The molecule has 98 valence electrons. The molecule has 5 nitrogen and oxygen atoms in total. The van der Waals surface area contributed by atoms with Crippen molar-refractivity contribution in [2.75, 3.05) is 13.2 Å². The average molecular weight is 251 g/mol. The van der Waals surface area contributed by atoms with Crippen LogP contribution in [0.1, 0.15) is 37.0 Å². The zero-order valence-electron chi connectivity index (χ0n) is 10.6. The van der Waals surface area contributed by atoms with E-state index in [2.05, 4.69) is 4.98 Å². The van der Waals surface area contributed by atoms with Crippen LogP contribution >= 0.6 is 0 Å². The largest absolute Gasteiger partial charge is 0.478 e. The fraction of sp³-hybridized carbons (Fsp3) is 0.462. The molecular weight excluding hydrogens is 234 g/mol. The molecule has 0 unspecified atom stereocenters. The van der Waals surface area contributed by atoms with Gasteiger partial charge in [0.25, 0.3) is 0 Å². The van der Waals surface area contributed by atoms with Gasteiger partial charge in [0.15, 0.2) is 5.78 Å². The first-order valence-electron chi connectivity index (χ1n) is 5.89. The topological polar surface area (TPSA) is 65.5 Å². The third kappa shape index (κ3) is 4.95. The highest BCUT2D eigenvalue weighted by Crippen LogP contribution is 2.08. The van der Waals surface area contributed by atoms with Gasteiger partial charge >= 0.3 is 5.97 Å². The Balaban J connectivity index is 2.27. The Morgan fingerprint density at radius 3 is 2.67 bits per heavy atom. The van der Waals surface area contributed by atoms with Crippen molar-refractivity contribution < 1.29 is 19.1 Å². The van der Waals surface area contributed by atoms with Crippen LogP contribution in [0.25, 0.3) is 0 Å². The smallest absolute Gasteiger partial charge is 0.305 e. The summed E-state index contributed by atoms with van der Waals surface area (Å²) in [5, 5.41) is 0. The maximum atomic E-state index is 11.0. The van der Waals surface area contributed by atoms with Crippen molar-refractivity contribution in [2.45, 2.75) is 26.7 Å². The van der Waals surface area contributed by atoms with Crippen molar-refractivity contribution >= 4 is 11.8 Å². The molecule has 0 radical (unpaired) electrons. The summed E-state index contributed by atoms with van der Waals surface area (Å²) < 4.78 is 10.1. The fourth-order valence-electron chi connectivity index (χ4n) is 1.30. The number of esters is 1. The highest BCUT2D eigenvalue weighted by molar-refractivity contribution is 5.93. The Bertz CT molecular complexity index is 400. The Labute approximate surface area is 106 Å². The van der Waals surface area contributed by atoms with Gasteiger partial charge < -0.3 is 9.47 Å². The van der Waals surface area contributed by atoms with Crippen LogP contribution in [-0.4, -0.2) is 30.0 Å². The average Bonchev–Trinajstić information content (AvgIpc) is 2.35. The molecule has 0 saturated carbocycles. The molecule has 0 amide bonds. The lowest BCUT2D eigenvalue weighted by Crippen LogP contribution is -2.07. The summed E-state index contributed by atoms with van der Waals surface area (Å²) in [6.45, 7) is 4.05. The SMILES string of the molecule is CCOC(=O)CCCOc1ccc(C(C)=O)cn1. The van der Waals surface area contributed by atoms with Crippen molar-refractivity contribution in [1.82, 2.24) is 4.98 Å². The third-order valence-electron chi connectivity index (χ3n) is 2.22. The number of ketones is 1. The van der Waals surface area contributed by atoms with Crippen LogP contribution < -0.4 is 4.74 Å². The molecule has 5 heteroatoms. The standard InChI is InChI=1S/C13H17NO4/c1-3-17-13(16)5-4-8-18-12-7-6-11(9-14-12)10(2)15/h6-7,9H,3-5,8H2,1-2H3. The van der Waals surface area contributed by atoms with E-state index < -0.39 is 0 Å². The third-order valence-corrected chi connectivity index (χ3v) is 2.22. The van der Waals surface area contributed by atoms with Gasteiger partial charge in [-0.25, -0.2) is 4.98 Å². The normalized spacial score (nSPS) is 9.89. The van der Waals surface area contributed by atoms with E-state index in [9.17, 15) is 9.59 Å². The van der Waals surface area contributed by atoms with Gasteiger partial charge in [-0.05, 0) is 26.3 Å². The molecule has 0 aliphatic rings. The lowest BCUT2D eigenvalue weighted by atomic mass is 10.2. The van der Waals surface area contributed by atoms with E-state index in [1.807, 2.05) is 0 Å². The van der Waals surface area contributed by atoms with Gasteiger partial charge in [-0.2, -0.15) is 0 Å². The van der Waals surface area contributed by atoms with Crippen molar-refractivity contribution in [3.8, 4) is 5.88 Å². The Hall–Kier alpha value is -1.91. The van der Waals surface area contributed by atoms with Crippen LogP contribution in [0.5, 0.6) is 5.88 Å². The summed E-state index contributed by atoms with van der Waals surface area (Å²) in [5.41, 5.74) is 0.550. The molecule has 1 rings (SSSR count). The molecule has 0 aliphatic carbocycles. The van der Waals surface area contributed by atoms with Crippen LogP contribution in [0.15, 0.2) is 18.3 Å². The first kappa shape index (κ1) is 14.2. The molecule has 0 atom stereocenters. The predicted molar refractivity (Wildman–Crippen MR) is 65.6 cm³/mol.